The Morgan fingerprint density at radius 3 is 3.00 bits per heavy atom. The average Bonchev–Trinajstić information content (AvgIpc) is 2.36. The van der Waals surface area contributed by atoms with E-state index in [2.05, 4.69) is 5.10 Å². The maximum absolute atomic E-state index is 9.36. The summed E-state index contributed by atoms with van der Waals surface area (Å²) in [6.07, 6.45) is 2.83. The molecule has 1 heterocycles. The van der Waals surface area contributed by atoms with Crippen molar-refractivity contribution in [2.75, 3.05) is 13.7 Å². The van der Waals surface area contributed by atoms with Gasteiger partial charge in [0.2, 0.25) is 0 Å². The minimum Gasteiger partial charge on any atom is -0.386 e. The van der Waals surface area contributed by atoms with Crippen molar-refractivity contribution in [2.45, 2.75) is 6.10 Å². The number of aliphatic hydroxyl groups is 1. The van der Waals surface area contributed by atoms with E-state index in [9.17, 15) is 5.11 Å². The Labute approximate surface area is 65.4 Å². The number of nitrogens with zero attached hydrogens (tertiary/aromatic N) is 2. The molecule has 0 radical (unpaired) electrons. The molecule has 0 saturated carbocycles. The lowest BCUT2D eigenvalue weighted by Gasteiger charge is -2.04. The van der Waals surface area contributed by atoms with E-state index in [1.54, 1.807) is 24.2 Å². The Hall–Kier alpha value is -0.870. The van der Waals surface area contributed by atoms with E-state index in [1.807, 2.05) is 7.05 Å². The lowest BCUT2D eigenvalue weighted by atomic mass is 10.2. The summed E-state index contributed by atoms with van der Waals surface area (Å²) in [5, 5.41) is 13.3. The molecule has 0 aliphatic carbocycles. The summed E-state index contributed by atoms with van der Waals surface area (Å²) in [6.45, 7) is 0.311. The van der Waals surface area contributed by atoms with E-state index in [4.69, 9.17) is 4.74 Å². The standard InChI is InChI=1S/C7H12N2O2/c1-9-4-6(3-8-9)7(10)5-11-2/h3-4,7,10H,5H2,1-2H3. The molecule has 1 unspecified atom stereocenters. The average molecular weight is 156 g/mol. The molecule has 0 aliphatic heterocycles. The summed E-state index contributed by atoms with van der Waals surface area (Å²) in [4.78, 5) is 0. The summed E-state index contributed by atoms with van der Waals surface area (Å²) < 4.78 is 6.43. The Morgan fingerprint density at radius 2 is 2.55 bits per heavy atom. The molecule has 11 heavy (non-hydrogen) atoms. The normalized spacial score (nSPS) is 13.4. The van der Waals surface area contributed by atoms with Crippen LogP contribution in [0.25, 0.3) is 0 Å². The number of aromatic nitrogens is 2. The van der Waals surface area contributed by atoms with Crippen LogP contribution in [-0.4, -0.2) is 28.6 Å². The number of rotatable bonds is 3. The van der Waals surface area contributed by atoms with Crippen molar-refractivity contribution in [1.29, 1.82) is 0 Å². The second kappa shape index (κ2) is 3.50. The SMILES string of the molecule is COCC(O)c1cnn(C)c1. The highest BCUT2D eigenvalue weighted by Crippen LogP contribution is 2.10. The molecule has 0 fully saturated rings. The van der Waals surface area contributed by atoms with Crippen molar-refractivity contribution in [3.05, 3.63) is 18.0 Å². The van der Waals surface area contributed by atoms with Gasteiger partial charge in [0, 0.05) is 25.9 Å². The summed E-state index contributed by atoms with van der Waals surface area (Å²) in [6, 6.07) is 0. The van der Waals surface area contributed by atoms with Gasteiger partial charge in [0.25, 0.3) is 0 Å². The summed E-state index contributed by atoms with van der Waals surface area (Å²) in [7, 11) is 3.36. The van der Waals surface area contributed by atoms with Crippen LogP contribution in [-0.2, 0) is 11.8 Å². The van der Waals surface area contributed by atoms with Crippen LogP contribution in [0.5, 0.6) is 0 Å². The molecule has 1 atom stereocenters. The number of aliphatic hydroxyl groups excluding tert-OH is 1. The molecule has 1 N–H and O–H groups in total. The molecule has 0 aliphatic rings. The van der Waals surface area contributed by atoms with E-state index >= 15 is 0 Å². The lowest BCUT2D eigenvalue weighted by Crippen LogP contribution is -2.03. The quantitative estimate of drug-likeness (QED) is 0.675. The van der Waals surface area contributed by atoms with Crippen molar-refractivity contribution in [3.63, 3.8) is 0 Å². The van der Waals surface area contributed by atoms with Gasteiger partial charge in [-0.1, -0.05) is 0 Å². The van der Waals surface area contributed by atoms with Crippen molar-refractivity contribution < 1.29 is 9.84 Å². The zero-order valence-electron chi connectivity index (χ0n) is 6.69. The molecule has 1 aromatic heterocycles. The molecule has 0 saturated heterocycles. The smallest absolute Gasteiger partial charge is 0.105 e. The molecule has 0 aromatic carbocycles. The number of hydrogen-bond donors (Lipinski definition) is 1. The molecular weight excluding hydrogens is 144 g/mol. The summed E-state index contributed by atoms with van der Waals surface area (Å²) in [5.74, 6) is 0. The monoisotopic (exact) mass is 156 g/mol. The van der Waals surface area contributed by atoms with Gasteiger partial charge in [-0.15, -0.1) is 0 Å². The van der Waals surface area contributed by atoms with Gasteiger partial charge in [-0.25, -0.2) is 0 Å². The maximum atomic E-state index is 9.36. The number of aryl methyl sites for hydroxylation is 1. The minimum atomic E-state index is -0.561. The zero-order valence-corrected chi connectivity index (χ0v) is 6.69. The second-order valence-corrected chi connectivity index (χ2v) is 2.42. The van der Waals surface area contributed by atoms with Gasteiger partial charge < -0.3 is 9.84 Å². The lowest BCUT2D eigenvalue weighted by molar-refractivity contribution is 0.0643. The largest absolute Gasteiger partial charge is 0.386 e. The first kappa shape index (κ1) is 8.23. The molecule has 1 aromatic rings. The Bertz CT molecular complexity index is 222. The van der Waals surface area contributed by atoms with Crippen LogP contribution in [0.2, 0.25) is 0 Å². The van der Waals surface area contributed by atoms with Crippen LogP contribution in [0.4, 0.5) is 0 Å². The Kier molecular flexibility index (Phi) is 2.62. The van der Waals surface area contributed by atoms with Crippen molar-refractivity contribution in [1.82, 2.24) is 9.78 Å². The first-order valence-electron chi connectivity index (χ1n) is 3.39. The van der Waals surface area contributed by atoms with Gasteiger partial charge >= 0.3 is 0 Å². The fourth-order valence-corrected chi connectivity index (χ4v) is 0.866. The van der Waals surface area contributed by atoms with Gasteiger partial charge in [-0.05, 0) is 0 Å². The fourth-order valence-electron chi connectivity index (χ4n) is 0.866. The summed E-state index contributed by atoms with van der Waals surface area (Å²) in [5.41, 5.74) is 0.786. The highest BCUT2D eigenvalue weighted by molar-refractivity contribution is 5.07. The van der Waals surface area contributed by atoms with Crippen LogP contribution >= 0.6 is 0 Å². The number of ether oxygens (including phenoxy) is 1. The number of methoxy groups -OCH3 is 1. The van der Waals surface area contributed by atoms with E-state index in [-0.39, 0.29) is 0 Å². The van der Waals surface area contributed by atoms with E-state index in [0.717, 1.165) is 5.56 Å². The topological polar surface area (TPSA) is 47.3 Å². The molecule has 0 spiro atoms. The molecule has 4 nitrogen and oxygen atoms in total. The number of hydrogen-bond acceptors (Lipinski definition) is 3. The molecule has 0 bridgehead atoms. The molecule has 0 amide bonds. The van der Waals surface area contributed by atoms with Gasteiger partial charge in [0.1, 0.15) is 6.10 Å². The first-order valence-corrected chi connectivity index (χ1v) is 3.39. The zero-order chi connectivity index (χ0) is 8.27. The van der Waals surface area contributed by atoms with Crippen molar-refractivity contribution in [2.24, 2.45) is 7.05 Å². The highest BCUT2D eigenvalue weighted by atomic mass is 16.5. The van der Waals surface area contributed by atoms with Crippen molar-refractivity contribution in [3.8, 4) is 0 Å². The summed E-state index contributed by atoms with van der Waals surface area (Å²) >= 11 is 0. The molecule has 4 heteroatoms. The van der Waals surface area contributed by atoms with E-state index in [0.29, 0.717) is 6.61 Å². The Balaban J connectivity index is 2.60. The minimum absolute atomic E-state index is 0.311. The van der Waals surface area contributed by atoms with E-state index in [1.165, 1.54) is 0 Å². The second-order valence-electron chi connectivity index (χ2n) is 2.42. The molecule has 1 rings (SSSR count). The van der Waals surface area contributed by atoms with Gasteiger partial charge in [0.15, 0.2) is 0 Å². The van der Waals surface area contributed by atoms with Gasteiger partial charge in [-0.2, -0.15) is 5.10 Å². The van der Waals surface area contributed by atoms with E-state index < -0.39 is 6.10 Å². The van der Waals surface area contributed by atoms with Gasteiger partial charge in [0.05, 0.1) is 12.8 Å². The molecular formula is C7H12N2O2. The third-order valence-electron chi connectivity index (χ3n) is 1.43. The van der Waals surface area contributed by atoms with Gasteiger partial charge in [-0.3, -0.25) is 4.68 Å². The van der Waals surface area contributed by atoms with Crippen LogP contribution in [0.1, 0.15) is 11.7 Å². The third kappa shape index (κ3) is 2.03. The van der Waals surface area contributed by atoms with Crippen LogP contribution in [0, 0.1) is 0 Å². The van der Waals surface area contributed by atoms with Crippen LogP contribution in [0.15, 0.2) is 12.4 Å². The predicted octanol–water partition coefficient (Wildman–Crippen LogP) is 0.0999. The third-order valence-corrected chi connectivity index (χ3v) is 1.43. The molecule has 62 valence electrons. The first-order chi connectivity index (χ1) is 5.24. The Morgan fingerprint density at radius 1 is 1.82 bits per heavy atom. The fraction of sp³-hybridized carbons (Fsp3) is 0.571. The van der Waals surface area contributed by atoms with Crippen molar-refractivity contribution >= 4 is 0 Å². The predicted molar refractivity (Wildman–Crippen MR) is 40.0 cm³/mol. The maximum Gasteiger partial charge on any atom is 0.105 e. The highest BCUT2D eigenvalue weighted by Gasteiger charge is 2.07. The van der Waals surface area contributed by atoms with Crippen LogP contribution in [0.3, 0.4) is 0 Å². The van der Waals surface area contributed by atoms with Crippen LogP contribution < -0.4 is 0 Å².